The number of hydrogen-bond donors (Lipinski definition) is 2. The summed E-state index contributed by atoms with van der Waals surface area (Å²) in [6.45, 7) is 4.65. The lowest BCUT2D eigenvalue weighted by molar-refractivity contribution is -0.0700. The highest BCUT2D eigenvalue weighted by Gasteiger charge is 2.60. The highest BCUT2D eigenvalue weighted by molar-refractivity contribution is 5.23. The summed E-state index contributed by atoms with van der Waals surface area (Å²) in [7, 11) is 0. The van der Waals surface area contributed by atoms with Crippen LogP contribution < -0.4 is 0 Å². The second-order valence-corrected chi connectivity index (χ2v) is 8.42. The Bertz CT molecular complexity index is 496. The minimum atomic E-state index is -0.538. The van der Waals surface area contributed by atoms with Gasteiger partial charge in [-0.3, -0.25) is 0 Å². The molecule has 0 unspecified atom stereocenters. The maximum atomic E-state index is 10.5. The Balaban J connectivity index is 1.73. The molecule has 0 radical (unpaired) electrons. The standard InChI is InChI=1S/C19H28O2/c1-18-9-4-3-5-12(18)6-7-13-14(18)8-10-19(2)15(13)11-16(20)17(19)21/h4,6-7,9,12-17,20-21H,3,5,8,10-11H2,1-2H3/t12-,13+,14-,15-,16-,17+,18-,19-/m0/s1. The molecule has 0 aliphatic heterocycles. The minimum absolute atomic E-state index is 0.0908. The van der Waals surface area contributed by atoms with Crippen LogP contribution in [0.5, 0.6) is 0 Å². The highest BCUT2D eigenvalue weighted by atomic mass is 16.3. The van der Waals surface area contributed by atoms with E-state index >= 15 is 0 Å². The summed E-state index contributed by atoms with van der Waals surface area (Å²) in [6, 6.07) is 0. The van der Waals surface area contributed by atoms with Crippen LogP contribution in [0.25, 0.3) is 0 Å². The molecule has 116 valence electrons. The lowest BCUT2D eigenvalue weighted by atomic mass is 9.48. The molecule has 0 aromatic carbocycles. The molecule has 21 heavy (non-hydrogen) atoms. The van der Waals surface area contributed by atoms with Crippen LogP contribution in [0, 0.1) is 34.5 Å². The molecule has 4 aliphatic carbocycles. The van der Waals surface area contributed by atoms with E-state index in [1.54, 1.807) is 0 Å². The van der Waals surface area contributed by atoms with Crippen LogP contribution in [0.3, 0.4) is 0 Å². The van der Waals surface area contributed by atoms with E-state index in [4.69, 9.17) is 0 Å². The first kappa shape index (κ1) is 14.0. The van der Waals surface area contributed by atoms with E-state index < -0.39 is 12.2 Å². The van der Waals surface area contributed by atoms with Crippen molar-refractivity contribution in [3.63, 3.8) is 0 Å². The van der Waals surface area contributed by atoms with Crippen molar-refractivity contribution in [1.82, 2.24) is 0 Å². The SMILES string of the molecule is C[C@]12C=CCC[C@H]1C=C[C@@H]1[C@@H]2CC[C@]2(C)[C@H](O)[C@@H](O)C[C@@H]12. The fraction of sp³-hybridized carbons (Fsp3) is 0.789. The van der Waals surface area contributed by atoms with Crippen LogP contribution in [0.15, 0.2) is 24.3 Å². The molecule has 0 bridgehead atoms. The Labute approximate surface area is 127 Å². The fourth-order valence-electron chi connectivity index (χ4n) is 6.19. The molecule has 0 aromatic heterocycles. The molecule has 2 fully saturated rings. The maximum absolute atomic E-state index is 10.5. The molecule has 2 nitrogen and oxygen atoms in total. The Kier molecular flexibility index (Phi) is 2.97. The number of hydrogen-bond acceptors (Lipinski definition) is 2. The Morgan fingerprint density at radius 3 is 2.67 bits per heavy atom. The molecule has 0 heterocycles. The number of fused-ring (bicyclic) bond motifs is 5. The van der Waals surface area contributed by atoms with E-state index in [-0.39, 0.29) is 10.8 Å². The lowest BCUT2D eigenvalue weighted by Crippen LogP contribution is -2.50. The van der Waals surface area contributed by atoms with Crippen LogP contribution in [-0.2, 0) is 0 Å². The molecule has 0 aromatic rings. The second-order valence-electron chi connectivity index (χ2n) is 8.42. The molecule has 2 heteroatoms. The molecule has 8 atom stereocenters. The molecule has 4 rings (SSSR count). The second kappa shape index (κ2) is 4.45. The zero-order valence-corrected chi connectivity index (χ0v) is 13.2. The Hall–Kier alpha value is -0.600. The van der Waals surface area contributed by atoms with Crippen molar-refractivity contribution in [1.29, 1.82) is 0 Å². The third kappa shape index (κ3) is 1.72. The van der Waals surface area contributed by atoms with E-state index in [9.17, 15) is 10.2 Å². The van der Waals surface area contributed by atoms with Crippen LogP contribution in [0.1, 0.15) is 46.0 Å². The average molecular weight is 288 g/mol. The first-order valence-corrected chi connectivity index (χ1v) is 8.69. The van der Waals surface area contributed by atoms with Gasteiger partial charge in [0, 0.05) is 0 Å². The van der Waals surface area contributed by atoms with Gasteiger partial charge < -0.3 is 10.2 Å². The third-order valence-corrected chi connectivity index (χ3v) is 7.59. The fourth-order valence-corrected chi connectivity index (χ4v) is 6.19. The van der Waals surface area contributed by atoms with Crippen molar-refractivity contribution >= 4 is 0 Å². The molecular weight excluding hydrogens is 260 g/mol. The van der Waals surface area contributed by atoms with Gasteiger partial charge in [0.1, 0.15) is 0 Å². The Morgan fingerprint density at radius 1 is 1.05 bits per heavy atom. The van der Waals surface area contributed by atoms with Crippen molar-refractivity contribution in [2.45, 2.75) is 58.2 Å². The third-order valence-electron chi connectivity index (χ3n) is 7.59. The number of rotatable bonds is 0. The number of allylic oxidation sites excluding steroid dienone is 4. The number of aliphatic hydroxyl groups is 2. The van der Waals surface area contributed by atoms with Gasteiger partial charge in [0.15, 0.2) is 0 Å². The first-order chi connectivity index (χ1) is 9.97. The van der Waals surface area contributed by atoms with E-state index in [2.05, 4.69) is 38.2 Å². The summed E-state index contributed by atoms with van der Waals surface area (Å²) in [5, 5.41) is 20.6. The lowest BCUT2D eigenvalue weighted by Gasteiger charge is -2.56. The van der Waals surface area contributed by atoms with Gasteiger partial charge in [-0.05, 0) is 66.6 Å². The zero-order chi connectivity index (χ0) is 14.8. The molecule has 0 spiro atoms. The van der Waals surface area contributed by atoms with Gasteiger partial charge in [-0.2, -0.15) is 0 Å². The molecular formula is C19H28O2. The molecule has 4 aliphatic rings. The molecule has 0 amide bonds. The van der Waals surface area contributed by atoms with Gasteiger partial charge in [0.25, 0.3) is 0 Å². The monoisotopic (exact) mass is 288 g/mol. The highest BCUT2D eigenvalue weighted by Crippen LogP contribution is 2.63. The summed E-state index contributed by atoms with van der Waals surface area (Å²) < 4.78 is 0. The summed E-state index contributed by atoms with van der Waals surface area (Å²) in [5.74, 6) is 2.33. The van der Waals surface area contributed by atoms with Gasteiger partial charge in [-0.1, -0.05) is 38.2 Å². The van der Waals surface area contributed by atoms with Crippen molar-refractivity contribution in [3.8, 4) is 0 Å². The maximum Gasteiger partial charge on any atom is 0.0855 e. The summed E-state index contributed by atoms with van der Waals surface area (Å²) in [5.41, 5.74) is 0.198. The van der Waals surface area contributed by atoms with Crippen molar-refractivity contribution in [3.05, 3.63) is 24.3 Å². The summed E-state index contributed by atoms with van der Waals surface area (Å²) in [6.07, 6.45) is 14.2. The van der Waals surface area contributed by atoms with Crippen LogP contribution >= 0.6 is 0 Å². The predicted octanol–water partition coefficient (Wildman–Crippen LogP) is 3.30. The quantitative estimate of drug-likeness (QED) is 0.671. The van der Waals surface area contributed by atoms with Gasteiger partial charge in [0.05, 0.1) is 12.2 Å². The van der Waals surface area contributed by atoms with Crippen LogP contribution in [0.4, 0.5) is 0 Å². The van der Waals surface area contributed by atoms with E-state index in [1.807, 2.05) is 0 Å². The van der Waals surface area contributed by atoms with E-state index in [0.29, 0.717) is 23.7 Å². The molecule has 0 saturated heterocycles. The zero-order valence-electron chi connectivity index (χ0n) is 13.2. The molecule has 2 N–H and O–H groups in total. The normalized spacial score (nSPS) is 58.5. The van der Waals surface area contributed by atoms with E-state index in [0.717, 1.165) is 12.8 Å². The first-order valence-electron chi connectivity index (χ1n) is 8.69. The predicted molar refractivity (Wildman–Crippen MR) is 83.6 cm³/mol. The summed E-state index contributed by atoms with van der Waals surface area (Å²) in [4.78, 5) is 0. The largest absolute Gasteiger partial charge is 0.390 e. The van der Waals surface area contributed by atoms with Gasteiger partial charge in [-0.25, -0.2) is 0 Å². The van der Waals surface area contributed by atoms with Crippen molar-refractivity contribution in [2.24, 2.45) is 34.5 Å². The molecule has 2 saturated carbocycles. The van der Waals surface area contributed by atoms with Crippen LogP contribution in [-0.4, -0.2) is 22.4 Å². The average Bonchev–Trinajstić information content (AvgIpc) is 2.70. The van der Waals surface area contributed by atoms with Gasteiger partial charge in [-0.15, -0.1) is 0 Å². The minimum Gasteiger partial charge on any atom is -0.390 e. The van der Waals surface area contributed by atoms with Gasteiger partial charge in [0.2, 0.25) is 0 Å². The number of aliphatic hydroxyl groups excluding tert-OH is 2. The van der Waals surface area contributed by atoms with Gasteiger partial charge >= 0.3 is 0 Å². The van der Waals surface area contributed by atoms with Crippen molar-refractivity contribution < 1.29 is 10.2 Å². The van der Waals surface area contributed by atoms with E-state index in [1.165, 1.54) is 19.3 Å². The Morgan fingerprint density at radius 2 is 1.86 bits per heavy atom. The summed E-state index contributed by atoms with van der Waals surface area (Å²) >= 11 is 0. The van der Waals surface area contributed by atoms with Crippen molar-refractivity contribution in [2.75, 3.05) is 0 Å². The smallest absolute Gasteiger partial charge is 0.0855 e. The van der Waals surface area contributed by atoms with Crippen LogP contribution in [0.2, 0.25) is 0 Å². The topological polar surface area (TPSA) is 40.5 Å².